The molecule has 0 aliphatic heterocycles. The summed E-state index contributed by atoms with van der Waals surface area (Å²) >= 11 is 0. The summed E-state index contributed by atoms with van der Waals surface area (Å²) in [5.74, 6) is 1.16. The molecule has 0 aliphatic carbocycles. The van der Waals surface area contributed by atoms with E-state index < -0.39 is 0 Å². The SMILES string of the molecule is CC(C)(C)c1ccc(O)c(CN(CN)CCCCCCCCN(CN)Cc2cc(-c3ccc(O)c(CN(CN)CCCCCCCCN(CN)Cc4cc(C(C)(C)C)ccc4O)c3)ccc2O)c1. The van der Waals surface area contributed by atoms with E-state index in [0.29, 0.717) is 64.4 Å². The number of rotatable bonds is 31. The minimum Gasteiger partial charge on any atom is -0.508 e. The van der Waals surface area contributed by atoms with Gasteiger partial charge >= 0.3 is 0 Å². The van der Waals surface area contributed by atoms with Crippen molar-refractivity contribution in [2.75, 3.05) is 52.9 Å². The number of phenols is 4. The van der Waals surface area contributed by atoms with Gasteiger partial charge in [-0.15, -0.1) is 0 Å². The van der Waals surface area contributed by atoms with Crippen LogP contribution in [-0.4, -0.2) is 92.9 Å². The normalized spacial score (nSPS) is 12.4. The van der Waals surface area contributed by atoms with Crippen LogP contribution < -0.4 is 22.9 Å². The summed E-state index contributed by atoms with van der Waals surface area (Å²) in [5.41, 5.74) is 32.6. The van der Waals surface area contributed by atoms with Gasteiger partial charge in [-0.25, -0.2) is 0 Å². The predicted molar refractivity (Wildman–Crippen MR) is 282 cm³/mol. The van der Waals surface area contributed by atoms with E-state index in [0.717, 1.165) is 137 Å². The molecule has 0 heterocycles. The molecule has 0 saturated carbocycles. The maximum atomic E-state index is 10.9. The monoisotopic (exact) mass is 939 g/mol. The molecular formula is C56H90N8O4. The lowest BCUT2D eigenvalue weighted by molar-refractivity contribution is 0.258. The van der Waals surface area contributed by atoms with Gasteiger partial charge in [-0.2, -0.15) is 0 Å². The van der Waals surface area contributed by atoms with Crippen molar-refractivity contribution in [2.24, 2.45) is 22.9 Å². The fraction of sp³-hybridized carbons (Fsp3) is 0.571. The lowest BCUT2D eigenvalue weighted by Gasteiger charge is -2.24. The Hall–Kier alpha value is -4.24. The maximum absolute atomic E-state index is 10.9. The van der Waals surface area contributed by atoms with Crippen molar-refractivity contribution >= 4 is 0 Å². The number of benzene rings is 4. The van der Waals surface area contributed by atoms with Crippen LogP contribution in [0.2, 0.25) is 0 Å². The number of hydrogen-bond donors (Lipinski definition) is 8. The average molecular weight is 939 g/mol. The van der Waals surface area contributed by atoms with Crippen LogP contribution in [0.15, 0.2) is 72.8 Å². The van der Waals surface area contributed by atoms with Crippen molar-refractivity contribution in [2.45, 2.75) is 156 Å². The third-order valence-corrected chi connectivity index (χ3v) is 13.4. The first-order valence-corrected chi connectivity index (χ1v) is 25.4. The van der Waals surface area contributed by atoms with E-state index >= 15 is 0 Å². The Morgan fingerprint density at radius 1 is 0.338 bits per heavy atom. The molecule has 12 N–H and O–H groups in total. The summed E-state index contributed by atoms with van der Waals surface area (Å²) in [7, 11) is 0. The van der Waals surface area contributed by atoms with E-state index in [1.165, 1.54) is 11.1 Å². The van der Waals surface area contributed by atoms with Gasteiger partial charge in [-0.1, -0.05) is 129 Å². The van der Waals surface area contributed by atoms with Crippen molar-refractivity contribution < 1.29 is 20.4 Å². The fourth-order valence-corrected chi connectivity index (χ4v) is 8.80. The highest BCUT2D eigenvalue weighted by Crippen LogP contribution is 2.32. The fourth-order valence-electron chi connectivity index (χ4n) is 8.80. The number of unbranched alkanes of at least 4 members (excludes halogenated alkanes) is 10. The molecule has 4 aromatic rings. The molecule has 0 aromatic heterocycles. The van der Waals surface area contributed by atoms with Crippen LogP contribution in [0.3, 0.4) is 0 Å². The Morgan fingerprint density at radius 3 is 0.824 bits per heavy atom. The van der Waals surface area contributed by atoms with Gasteiger partial charge in [0.15, 0.2) is 0 Å². The minimum absolute atomic E-state index is 0.0214. The maximum Gasteiger partial charge on any atom is 0.120 e. The molecule has 0 unspecified atom stereocenters. The van der Waals surface area contributed by atoms with Crippen LogP contribution in [-0.2, 0) is 37.0 Å². The molecule has 68 heavy (non-hydrogen) atoms. The highest BCUT2D eigenvalue weighted by Gasteiger charge is 2.19. The van der Waals surface area contributed by atoms with Gasteiger partial charge in [0.25, 0.3) is 0 Å². The zero-order valence-corrected chi connectivity index (χ0v) is 42.8. The van der Waals surface area contributed by atoms with E-state index in [1.807, 2.05) is 36.4 Å². The largest absolute Gasteiger partial charge is 0.508 e. The van der Waals surface area contributed by atoms with E-state index in [1.54, 1.807) is 24.3 Å². The summed E-state index contributed by atoms with van der Waals surface area (Å²) in [5, 5.41) is 42.7. The summed E-state index contributed by atoms with van der Waals surface area (Å²) in [6.45, 7) is 20.7. The highest BCUT2D eigenvalue weighted by molar-refractivity contribution is 5.67. The zero-order valence-electron chi connectivity index (χ0n) is 42.8. The predicted octanol–water partition coefficient (Wildman–Crippen LogP) is 9.73. The molecule has 0 fully saturated rings. The molecule has 12 nitrogen and oxygen atoms in total. The van der Waals surface area contributed by atoms with Crippen LogP contribution in [0, 0.1) is 0 Å². The highest BCUT2D eigenvalue weighted by atomic mass is 16.3. The smallest absolute Gasteiger partial charge is 0.120 e. The molecular weight excluding hydrogens is 849 g/mol. The van der Waals surface area contributed by atoms with Crippen molar-refractivity contribution in [3.05, 3.63) is 106 Å². The van der Waals surface area contributed by atoms with Crippen LogP contribution in [0.25, 0.3) is 11.1 Å². The molecule has 0 aliphatic rings. The second-order valence-corrected chi connectivity index (χ2v) is 21.1. The van der Waals surface area contributed by atoms with Crippen molar-refractivity contribution in [1.29, 1.82) is 0 Å². The molecule has 378 valence electrons. The standard InChI is InChI=1S/C56H90N8O4/c1-55(2,3)49-21-25-53(67)47(33-49)37-63(41-59)29-17-13-9-7-11-15-27-61(39-57)35-45-31-43(19-23-51(45)65)44-20-24-52(66)46(32-44)36-62(40-58)28-16-12-8-10-14-18-30-64(42-60)38-48-34-50(56(4,5)6)22-26-54(48)68/h19-26,31-34,65-68H,7-18,27-30,35-42,57-60H2,1-6H3. The van der Waals surface area contributed by atoms with E-state index in [9.17, 15) is 20.4 Å². The summed E-state index contributed by atoms with van der Waals surface area (Å²) in [4.78, 5) is 8.77. The quantitative estimate of drug-likeness (QED) is 0.0176. The molecule has 0 amide bonds. The first-order chi connectivity index (χ1) is 32.4. The summed E-state index contributed by atoms with van der Waals surface area (Å²) in [6, 6.07) is 23.2. The van der Waals surface area contributed by atoms with E-state index in [-0.39, 0.29) is 22.3 Å². The van der Waals surface area contributed by atoms with Gasteiger partial charge in [0.1, 0.15) is 23.0 Å². The van der Waals surface area contributed by atoms with Gasteiger partial charge < -0.3 is 43.4 Å². The second-order valence-electron chi connectivity index (χ2n) is 21.1. The van der Waals surface area contributed by atoms with Gasteiger partial charge in [0.05, 0.1) is 0 Å². The second kappa shape index (κ2) is 28.4. The third-order valence-electron chi connectivity index (χ3n) is 13.4. The zero-order chi connectivity index (χ0) is 49.7. The summed E-state index contributed by atoms with van der Waals surface area (Å²) in [6.07, 6.45) is 13.3. The Labute approximate surface area is 410 Å². The van der Waals surface area contributed by atoms with Crippen LogP contribution in [0.4, 0.5) is 0 Å². The molecule has 12 heteroatoms. The molecule has 0 radical (unpaired) electrons. The van der Waals surface area contributed by atoms with Gasteiger partial charge in [-0.3, -0.25) is 19.6 Å². The lowest BCUT2D eigenvalue weighted by Crippen LogP contribution is -2.30. The molecule has 0 bridgehead atoms. The number of aromatic hydroxyl groups is 4. The number of nitrogens with two attached hydrogens (primary N) is 4. The topological polar surface area (TPSA) is 198 Å². The van der Waals surface area contributed by atoms with Gasteiger partial charge in [0, 0.05) is 75.1 Å². The Kier molecular flexibility index (Phi) is 23.6. The van der Waals surface area contributed by atoms with E-state index in [4.69, 9.17) is 22.9 Å². The third kappa shape index (κ3) is 18.9. The Bertz CT molecular complexity index is 1940. The van der Waals surface area contributed by atoms with Crippen molar-refractivity contribution in [1.82, 2.24) is 19.6 Å². The lowest BCUT2D eigenvalue weighted by atomic mass is 9.86. The number of nitrogens with zero attached hydrogens (tertiary/aromatic N) is 4. The van der Waals surface area contributed by atoms with E-state index in [2.05, 4.69) is 73.3 Å². The van der Waals surface area contributed by atoms with Gasteiger partial charge in [-0.05, 0) is 121 Å². The summed E-state index contributed by atoms with van der Waals surface area (Å²) < 4.78 is 0. The first kappa shape index (κ1) is 56.3. The van der Waals surface area contributed by atoms with Crippen LogP contribution in [0.1, 0.15) is 152 Å². The molecule has 0 atom stereocenters. The molecule has 0 spiro atoms. The Balaban J connectivity index is 1.15. The Morgan fingerprint density at radius 2 is 0.574 bits per heavy atom. The van der Waals surface area contributed by atoms with Crippen molar-refractivity contribution in [3.8, 4) is 34.1 Å². The molecule has 4 aromatic carbocycles. The van der Waals surface area contributed by atoms with Crippen LogP contribution in [0.5, 0.6) is 23.0 Å². The number of hydrogen-bond acceptors (Lipinski definition) is 12. The number of phenolic OH excluding ortho intramolecular Hbond substituents is 4. The van der Waals surface area contributed by atoms with Gasteiger partial charge in [0.2, 0.25) is 0 Å². The van der Waals surface area contributed by atoms with Crippen molar-refractivity contribution in [3.63, 3.8) is 0 Å². The molecule has 4 rings (SSSR count). The minimum atomic E-state index is 0.0214. The first-order valence-electron chi connectivity index (χ1n) is 25.4. The average Bonchev–Trinajstić information content (AvgIpc) is 3.30. The van der Waals surface area contributed by atoms with Crippen LogP contribution >= 0.6 is 0 Å². The molecule has 0 saturated heterocycles.